The van der Waals surface area contributed by atoms with Crippen LogP contribution in [0.4, 0.5) is 0 Å². The van der Waals surface area contributed by atoms with E-state index >= 15 is 0 Å². The van der Waals surface area contributed by atoms with Gasteiger partial charge in [0.25, 0.3) is 0 Å². The maximum absolute atomic E-state index is 10.1. The summed E-state index contributed by atoms with van der Waals surface area (Å²) in [6.07, 6.45) is 4.12. The van der Waals surface area contributed by atoms with E-state index in [0.717, 1.165) is 16.7 Å². The SMILES string of the molecule is COc1ccc(O)c(/C=C/c2cc(O)cc(OC)c2Cc2ccc(O)cc2)c1. The molecule has 3 aromatic carbocycles. The fraction of sp³-hybridized carbons (Fsp3) is 0.130. The molecule has 5 heteroatoms. The number of phenolic OH excluding ortho intramolecular Hbond substituents is 3. The predicted octanol–water partition coefficient (Wildman–Crippen LogP) is 4.58. The van der Waals surface area contributed by atoms with Crippen LogP contribution in [0.15, 0.2) is 54.6 Å². The van der Waals surface area contributed by atoms with Gasteiger partial charge in [-0.2, -0.15) is 0 Å². The lowest BCUT2D eigenvalue weighted by molar-refractivity contribution is 0.403. The molecule has 28 heavy (non-hydrogen) atoms. The Balaban J connectivity index is 2.02. The summed E-state index contributed by atoms with van der Waals surface area (Å²) in [4.78, 5) is 0. The number of benzene rings is 3. The monoisotopic (exact) mass is 378 g/mol. The average molecular weight is 378 g/mol. The predicted molar refractivity (Wildman–Crippen MR) is 109 cm³/mol. The minimum Gasteiger partial charge on any atom is -0.508 e. The minimum atomic E-state index is 0.0841. The lowest BCUT2D eigenvalue weighted by atomic mass is 9.97. The van der Waals surface area contributed by atoms with Gasteiger partial charge >= 0.3 is 0 Å². The molecule has 0 amide bonds. The second kappa shape index (κ2) is 8.39. The van der Waals surface area contributed by atoms with Crippen LogP contribution in [0.3, 0.4) is 0 Å². The Bertz CT molecular complexity index is 991. The fourth-order valence-electron chi connectivity index (χ4n) is 2.96. The molecule has 3 aromatic rings. The van der Waals surface area contributed by atoms with Gasteiger partial charge < -0.3 is 24.8 Å². The van der Waals surface area contributed by atoms with Crippen molar-refractivity contribution in [3.05, 3.63) is 76.9 Å². The zero-order valence-corrected chi connectivity index (χ0v) is 15.7. The van der Waals surface area contributed by atoms with Crippen molar-refractivity contribution in [2.45, 2.75) is 6.42 Å². The summed E-state index contributed by atoms with van der Waals surface area (Å²) in [6, 6.07) is 15.1. The van der Waals surface area contributed by atoms with E-state index in [-0.39, 0.29) is 17.2 Å². The number of ether oxygens (including phenoxy) is 2. The summed E-state index contributed by atoms with van der Waals surface area (Å²) >= 11 is 0. The molecule has 0 fully saturated rings. The Hall–Kier alpha value is -3.60. The Labute approximate surface area is 163 Å². The van der Waals surface area contributed by atoms with Crippen LogP contribution in [0.25, 0.3) is 12.2 Å². The smallest absolute Gasteiger partial charge is 0.126 e. The summed E-state index contributed by atoms with van der Waals surface area (Å²) in [6.45, 7) is 0. The van der Waals surface area contributed by atoms with E-state index in [0.29, 0.717) is 23.5 Å². The molecule has 0 radical (unpaired) electrons. The van der Waals surface area contributed by atoms with Crippen molar-refractivity contribution in [2.75, 3.05) is 14.2 Å². The van der Waals surface area contributed by atoms with Crippen molar-refractivity contribution in [1.29, 1.82) is 0 Å². The number of methoxy groups -OCH3 is 2. The van der Waals surface area contributed by atoms with Crippen molar-refractivity contribution < 1.29 is 24.8 Å². The lowest BCUT2D eigenvalue weighted by Crippen LogP contribution is -1.97. The molecular formula is C23H22O5. The molecule has 0 aromatic heterocycles. The van der Waals surface area contributed by atoms with E-state index in [1.165, 1.54) is 0 Å². The van der Waals surface area contributed by atoms with Crippen molar-refractivity contribution in [2.24, 2.45) is 0 Å². The van der Waals surface area contributed by atoms with Gasteiger partial charge in [-0.25, -0.2) is 0 Å². The molecule has 0 atom stereocenters. The Morgan fingerprint density at radius 2 is 1.46 bits per heavy atom. The van der Waals surface area contributed by atoms with Crippen LogP contribution in [0.1, 0.15) is 22.3 Å². The number of phenols is 3. The molecule has 0 bridgehead atoms. The van der Waals surface area contributed by atoms with Gasteiger partial charge in [0.15, 0.2) is 0 Å². The van der Waals surface area contributed by atoms with Gasteiger partial charge in [-0.3, -0.25) is 0 Å². The van der Waals surface area contributed by atoms with E-state index in [2.05, 4.69) is 0 Å². The summed E-state index contributed by atoms with van der Waals surface area (Å²) in [5.74, 6) is 1.61. The van der Waals surface area contributed by atoms with E-state index < -0.39 is 0 Å². The quantitative estimate of drug-likeness (QED) is 0.547. The second-order valence-electron chi connectivity index (χ2n) is 6.32. The highest BCUT2D eigenvalue weighted by molar-refractivity contribution is 5.76. The number of hydrogen-bond acceptors (Lipinski definition) is 5. The van der Waals surface area contributed by atoms with Crippen molar-refractivity contribution in [3.63, 3.8) is 0 Å². The minimum absolute atomic E-state index is 0.0841. The van der Waals surface area contributed by atoms with E-state index in [1.807, 2.05) is 18.2 Å². The zero-order chi connectivity index (χ0) is 20.1. The highest BCUT2D eigenvalue weighted by Gasteiger charge is 2.12. The van der Waals surface area contributed by atoms with Crippen LogP contribution in [-0.2, 0) is 6.42 Å². The first kappa shape index (κ1) is 19.2. The van der Waals surface area contributed by atoms with Crippen LogP contribution in [0, 0.1) is 0 Å². The number of aromatic hydroxyl groups is 3. The van der Waals surface area contributed by atoms with Gasteiger partial charge in [-0.05, 0) is 47.5 Å². The van der Waals surface area contributed by atoms with Gasteiger partial charge in [-0.1, -0.05) is 24.3 Å². The average Bonchev–Trinajstić information content (AvgIpc) is 2.70. The van der Waals surface area contributed by atoms with Gasteiger partial charge in [0.05, 0.1) is 14.2 Å². The van der Waals surface area contributed by atoms with E-state index in [9.17, 15) is 15.3 Å². The molecule has 144 valence electrons. The Kier molecular flexibility index (Phi) is 5.75. The normalized spacial score (nSPS) is 10.9. The first-order valence-corrected chi connectivity index (χ1v) is 8.73. The molecule has 0 saturated heterocycles. The summed E-state index contributed by atoms with van der Waals surface area (Å²) in [7, 11) is 3.12. The highest BCUT2D eigenvalue weighted by Crippen LogP contribution is 2.33. The molecule has 0 aliphatic carbocycles. The fourth-order valence-corrected chi connectivity index (χ4v) is 2.96. The molecule has 0 heterocycles. The van der Waals surface area contributed by atoms with Gasteiger partial charge in [0.1, 0.15) is 28.7 Å². The van der Waals surface area contributed by atoms with Gasteiger partial charge in [0.2, 0.25) is 0 Å². The molecule has 0 unspecified atom stereocenters. The summed E-state index contributed by atoms with van der Waals surface area (Å²) in [5, 5.41) is 29.7. The van der Waals surface area contributed by atoms with Gasteiger partial charge in [0, 0.05) is 23.6 Å². The molecule has 3 rings (SSSR count). The summed E-state index contributed by atoms with van der Waals surface area (Å²) < 4.78 is 10.7. The largest absolute Gasteiger partial charge is 0.508 e. The molecule has 0 aliphatic heterocycles. The molecule has 0 spiro atoms. The van der Waals surface area contributed by atoms with Crippen molar-refractivity contribution in [3.8, 4) is 28.7 Å². The Morgan fingerprint density at radius 1 is 0.750 bits per heavy atom. The molecule has 0 aliphatic rings. The van der Waals surface area contributed by atoms with Gasteiger partial charge in [-0.15, -0.1) is 0 Å². The summed E-state index contributed by atoms with van der Waals surface area (Å²) in [5.41, 5.74) is 3.22. The highest BCUT2D eigenvalue weighted by atomic mass is 16.5. The third-order valence-corrected chi connectivity index (χ3v) is 4.44. The topological polar surface area (TPSA) is 79.2 Å². The van der Waals surface area contributed by atoms with Crippen molar-refractivity contribution >= 4 is 12.2 Å². The zero-order valence-electron chi connectivity index (χ0n) is 15.7. The van der Waals surface area contributed by atoms with Crippen LogP contribution in [0.2, 0.25) is 0 Å². The van der Waals surface area contributed by atoms with E-state index in [1.54, 1.807) is 62.8 Å². The second-order valence-corrected chi connectivity index (χ2v) is 6.32. The lowest BCUT2D eigenvalue weighted by Gasteiger charge is -2.13. The third kappa shape index (κ3) is 4.38. The Morgan fingerprint density at radius 3 is 2.14 bits per heavy atom. The molecule has 5 nitrogen and oxygen atoms in total. The number of rotatable bonds is 6. The van der Waals surface area contributed by atoms with Crippen LogP contribution in [0.5, 0.6) is 28.7 Å². The maximum atomic E-state index is 10.1. The molecule has 3 N–H and O–H groups in total. The first-order chi connectivity index (χ1) is 13.5. The molecular weight excluding hydrogens is 356 g/mol. The standard InChI is InChI=1S/C23H22O5/c1-27-20-9-10-22(26)17(13-20)6-5-16-12-19(25)14-23(28-2)21(16)11-15-3-7-18(24)8-4-15/h3-10,12-14,24-26H,11H2,1-2H3/b6-5+. The number of hydrogen-bond donors (Lipinski definition) is 3. The third-order valence-electron chi connectivity index (χ3n) is 4.44. The molecule has 0 saturated carbocycles. The van der Waals surface area contributed by atoms with E-state index in [4.69, 9.17) is 9.47 Å². The van der Waals surface area contributed by atoms with Crippen LogP contribution in [-0.4, -0.2) is 29.5 Å². The van der Waals surface area contributed by atoms with Crippen LogP contribution < -0.4 is 9.47 Å². The maximum Gasteiger partial charge on any atom is 0.126 e. The van der Waals surface area contributed by atoms with Crippen molar-refractivity contribution in [1.82, 2.24) is 0 Å². The first-order valence-electron chi connectivity index (χ1n) is 8.73. The van der Waals surface area contributed by atoms with Crippen LogP contribution >= 0.6 is 0 Å².